The Morgan fingerprint density at radius 3 is 2.67 bits per heavy atom. The fourth-order valence-electron chi connectivity index (χ4n) is 2.34. The highest BCUT2D eigenvalue weighted by molar-refractivity contribution is 7.07. The van der Waals surface area contributed by atoms with Gasteiger partial charge in [-0.25, -0.2) is 4.98 Å². The molecule has 1 fully saturated rings. The number of anilines is 1. The molecule has 0 radical (unpaired) electrons. The Bertz CT molecular complexity index is 764. The summed E-state index contributed by atoms with van der Waals surface area (Å²) in [4.78, 5) is 34.2. The van der Waals surface area contributed by atoms with E-state index in [2.05, 4.69) is 9.97 Å². The number of hydrogen-bond donors (Lipinski definition) is 0. The number of carbonyl (C=O) groups is 2. The Hall–Kier alpha value is -2.49. The number of amides is 2. The lowest BCUT2D eigenvalue weighted by atomic mass is 10.2. The molecule has 24 heavy (non-hydrogen) atoms. The normalized spacial score (nSPS) is 15.7. The molecule has 1 aliphatic heterocycles. The molecule has 0 unspecified atom stereocenters. The Kier molecular flexibility index (Phi) is 4.22. The first-order chi connectivity index (χ1) is 11.4. The van der Waals surface area contributed by atoms with Crippen molar-refractivity contribution in [3.05, 3.63) is 40.6 Å². The average Bonchev–Trinajstić information content (AvgIpc) is 3.08. The van der Waals surface area contributed by atoms with Gasteiger partial charge in [0.2, 0.25) is 5.91 Å². The quantitative estimate of drug-likeness (QED) is 0.826. The predicted molar refractivity (Wildman–Crippen MR) is 79.6 cm³/mol. The number of pyridine rings is 1. The van der Waals surface area contributed by atoms with Crippen LogP contribution < -0.4 is 4.90 Å². The van der Waals surface area contributed by atoms with Crippen molar-refractivity contribution in [2.75, 3.05) is 24.5 Å². The Labute approximate surface area is 138 Å². The van der Waals surface area contributed by atoms with Gasteiger partial charge in [0, 0.05) is 30.4 Å². The fraction of sp³-hybridized carbons (Fsp3) is 0.286. The van der Waals surface area contributed by atoms with Gasteiger partial charge in [-0.2, -0.15) is 13.2 Å². The van der Waals surface area contributed by atoms with Crippen LogP contribution in [0.3, 0.4) is 0 Å². The number of nitrogens with zero attached hydrogens (tertiary/aromatic N) is 4. The van der Waals surface area contributed by atoms with E-state index < -0.39 is 17.8 Å². The SMILES string of the molecule is O=C(c1cscn1)N1CCN(c2ccnc(C(F)(F)F)c2)C(=O)C1. The maximum atomic E-state index is 12.7. The largest absolute Gasteiger partial charge is 0.433 e. The highest BCUT2D eigenvalue weighted by Crippen LogP contribution is 2.30. The van der Waals surface area contributed by atoms with E-state index in [1.807, 2.05) is 0 Å². The first-order valence-corrected chi connectivity index (χ1v) is 7.81. The van der Waals surface area contributed by atoms with Gasteiger partial charge in [0.15, 0.2) is 0 Å². The summed E-state index contributed by atoms with van der Waals surface area (Å²) in [5, 5.41) is 1.58. The summed E-state index contributed by atoms with van der Waals surface area (Å²) in [5.74, 6) is -0.820. The smallest absolute Gasteiger partial charge is 0.326 e. The second-order valence-corrected chi connectivity index (χ2v) is 5.76. The number of halogens is 3. The molecular formula is C14H11F3N4O2S. The summed E-state index contributed by atoms with van der Waals surface area (Å²) >= 11 is 1.27. The van der Waals surface area contributed by atoms with Gasteiger partial charge in [-0.05, 0) is 12.1 Å². The Morgan fingerprint density at radius 1 is 1.25 bits per heavy atom. The summed E-state index contributed by atoms with van der Waals surface area (Å²) in [6.07, 6.45) is -3.57. The molecule has 0 N–H and O–H groups in total. The number of thiazole rings is 1. The number of piperazine rings is 1. The van der Waals surface area contributed by atoms with Crippen LogP contribution in [0.1, 0.15) is 16.2 Å². The highest BCUT2D eigenvalue weighted by Gasteiger charge is 2.34. The van der Waals surface area contributed by atoms with Crippen LogP contribution >= 0.6 is 11.3 Å². The zero-order valence-electron chi connectivity index (χ0n) is 12.2. The number of aromatic nitrogens is 2. The minimum absolute atomic E-state index is 0.107. The number of carbonyl (C=O) groups excluding carboxylic acids is 2. The lowest BCUT2D eigenvalue weighted by molar-refractivity contribution is -0.141. The molecule has 0 aromatic carbocycles. The third-order valence-electron chi connectivity index (χ3n) is 3.50. The molecule has 2 aromatic heterocycles. The molecule has 1 aliphatic rings. The van der Waals surface area contributed by atoms with E-state index in [9.17, 15) is 22.8 Å². The van der Waals surface area contributed by atoms with Crippen LogP contribution in [0.2, 0.25) is 0 Å². The van der Waals surface area contributed by atoms with E-state index in [1.165, 1.54) is 32.7 Å². The fourth-order valence-corrected chi connectivity index (χ4v) is 2.87. The number of rotatable bonds is 2. The molecule has 1 saturated heterocycles. The third kappa shape index (κ3) is 3.23. The van der Waals surface area contributed by atoms with Crippen LogP contribution in [0.5, 0.6) is 0 Å². The first-order valence-electron chi connectivity index (χ1n) is 6.87. The van der Waals surface area contributed by atoms with Crippen molar-refractivity contribution in [3.63, 3.8) is 0 Å². The van der Waals surface area contributed by atoms with Crippen LogP contribution in [0.4, 0.5) is 18.9 Å². The molecule has 10 heteroatoms. The molecule has 0 bridgehead atoms. The van der Waals surface area contributed by atoms with Crippen LogP contribution in [-0.2, 0) is 11.0 Å². The van der Waals surface area contributed by atoms with E-state index >= 15 is 0 Å². The summed E-state index contributed by atoms with van der Waals surface area (Å²) in [5.41, 5.74) is 0.822. The Morgan fingerprint density at radius 2 is 2.04 bits per heavy atom. The van der Waals surface area contributed by atoms with Crippen molar-refractivity contribution in [2.45, 2.75) is 6.18 Å². The van der Waals surface area contributed by atoms with Gasteiger partial charge in [-0.15, -0.1) is 11.3 Å². The molecular weight excluding hydrogens is 345 g/mol. The van der Waals surface area contributed by atoms with Crippen molar-refractivity contribution < 1.29 is 22.8 Å². The second kappa shape index (κ2) is 6.19. The van der Waals surface area contributed by atoms with Gasteiger partial charge in [0.25, 0.3) is 5.91 Å². The maximum absolute atomic E-state index is 12.7. The lowest BCUT2D eigenvalue weighted by Gasteiger charge is -2.34. The average molecular weight is 356 g/mol. The lowest BCUT2D eigenvalue weighted by Crippen LogP contribution is -2.52. The van der Waals surface area contributed by atoms with Gasteiger partial charge in [-0.3, -0.25) is 14.6 Å². The van der Waals surface area contributed by atoms with E-state index in [0.717, 1.165) is 12.3 Å². The van der Waals surface area contributed by atoms with Crippen molar-refractivity contribution in [2.24, 2.45) is 0 Å². The van der Waals surface area contributed by atoms with Gasteiger partial charge in [-0.1, -0.05) is 0 Å². The molecule has 0 atom stereocenters. The van der Waals surface area contributed by atoms with Crippen LogP contribution in [-0.4, -0.2) is 46.3 Å². The van der Waals surface area contributed by atoms with Crippen molar-refractivity contribution >= 4 is 28.8 Å². The number of alkyl halides is 3. The molecule has 0 aliphatic carbocycles. The van der Waals surface area contributed by atoms with Gasteiger partial charge >= 0.3 is 6.18 Å². The minimum atomic E-state index is -4.58. The molecule has 3 heterocycles. The standard InChI is InChI=1S/C14H11F3N4O2S/c15-14(16,17)11-5-9(1-2-18-11)21-4-3-20(6-12(21)22)13(23)10-7-24-8-19-10/h1-2,5,7-8H,3-4,6H2. The van der Waals surface area contributed by atoms with Crippen LogP contribution in [0.25, 0.3) is 0 Å². The van der Waals surface area contributed by atoms with Gasteiger partial charge in [0.1, 0.15) is 17.9 Å². The highest BCUT2D eigenvalue weighted by atomic mass is 32.1. The zero-order valence-corrected chi connectivity index (χ0v) is 13.0. The minimum Gasteiger partial charge on any atom is -0.326 e. The molecule has 6 nitrogen and oxygen atoms in total. The monoisotopic (exact) mass is 356 g/mol. The predicted octanol–water partition coefficient (Wildman–Crippen LogP) is 2.05. The Balaban J connectivity index is 1.75. The van der Waals surface area contributed by atoms with Crippen molar-refractivity contribution in [1.82, 2.24) is 14.9 Å². The van der Waals surface area contributed by atoms with E-state index in [1.54, 1.807) is 5.38 Å². The molecule has 2 amide bonds. The molecule has 0 saturated carbocycles. The third-order valence-corrected chi connectivity index (χ3v) is 4.09. The van der Waals surface area contributed by atoms with Crippen molar-refractivity contribution in [1.29, 1.82) is 0 Å². The first kappa shape index (κ1) is 16.4. The topological polar surface area (TPSA) is 66.4 Å². The van der Waals surface area contributed by atoms with E-state index in [4.69, 9.17) is 0 Å². The summed E-state index contributed by atoms with van der Waals surface area (Å²) in [7, 11) is 0. The summed E-state index contributed by atoms with van der Waals surface area (Å²) in [6, 6.07) is 2.17. The van der Waals surface area contributed by atoms with Crippen LogP contribution in [0, 0.1) is 0 Å². The van der Waals surface area contributed by atoms with E-state index in [0.29, 0.717) is 0 Å². The summed E-state index contributed by atoms with van der Waals surface area (Å²) < 4.78 is 38.2. The molecule has 0 spiro atoms. The van der Waals surface area contributed by atoms with Crippen LogP contribution in [0.15, 0.2) is 29.2 Å². The molecule has 3 rings (SSSR count). The second-order valence-electron chi connectivity index (χ2n) is 5.04. The van der Waals surface area contributed by atoms with Gasteiger partial charge < -0.3 is 9.80 Å². The maximum Gasteiger partial charge on any atom is 0.433 e. The number of hydrogen-bond acceptors (Lipinski definition) is 5. The zero-order chi connectivity index (χ0) is 17.3. The van der Waals surface area contributed by atoms with Crippen molar-refractivity contribution in [3.8, 4) is 0 Å². The summed E-state index contributed by atoms with van der Waals surface area (Å²) in [6.45, 7) is 0.113. The van der Waals surface area contributed by atoms with E-state index in [-0.39, 0.29) is 36.9 Å². The van der Waals surface area contributed by atoms with Gasteiger partial charge in [0.05, 0.1) is 5.51 Å². The molecule has 2 aromatic rings. The molecule has 126 valence electrons.